The summed E-state index contributed by atoms with van der Waals surface area (Å²) < 4.78 is 54.1. The molecule has 1 atom stereocenters. The van der Waals surface area contributed by atoms with Gasteiger partial charge in [-0.15, -0.1) is 0 Å². The van der Waals surface area contributed by atoms with Gasteiger partial charge in [0.2, 0.25) is 0 Å². The monoisotopic (exact) mass is 297 g/mol. The number of hydrogen-bond donors (Lipinski definition) is 1. The van der Waals surface area contributed by atoms with Gasteiger partial charge in [0, 0.05) is 17.7 Å². The number of rotatable bonds is 4. The van der Waals surface area contributed by atoms with E-state index >= 15 is 0 Å². The van der Waals surface area contributed by atoms with Gasteiger partial charge in [0.1, 0.15) is 23.3 Å². The molecule has 0 radical (unpaired) electrons. The van der Waals surface area contributed by atoms with E-state index in [1.807, 2.05) is 0 Å². The van der Waals surface area contributed by atoms with Crippen LogP contribution in [0.3, 0.4) is 0 Å². The predicted molar refractivity (Wildman–Crippen MR) is 73.0 cm³/mol. The summed E-state index contributed by atoms with van der Waals surface area (Å²) in [6.45, 7) is 3.75. The lowest BCUT2D eigenvalue weighted by molar-refractivity contribution is 0.529. The van der Waals surface area contributed by atoms with E-state index in [2.05, 4.69) is 5.32 Å². The molecule has 0 aromatic heterocycles. The molecule has 112 valence electrons. The molecule has 2 aromatic rings. The Balaban J connectivity index is 2.55. The van der Waals surface area contributed by atoms with Gasteiger partial charge < -0.3 is 5.32 Å². The third-order valence-electron chi connectivity index (χ3n) is 3.22. The zero-order valence-corrected chi connectivity index (χ0v) is 11.7. The number of aryl methyl sites for hydroxylation is 1. The van der Waals surface area contributed by atoms with E-state index in [1.165, 1.54) is 13.0 Å². The fourth-order valence-electron chi connectivity index (χ4n) is 2.25. The minimum Gasteiger partial charge on any atom is -0.306 e. The van der Waals surface area contributed by atoms with Crippen LogP contribution in [0.25, 0.3) is 0 Å². The van der Waals surface area contributed by atoms with Gasteiger partial charge >= 0.3 is 0 Å². The number of benzene rings is 2. The van der Waals surface area contributed by atoms with E-state index in [4.69, 9.17) is 0 Å². The summed E-state index contributed by atoms with van der Waals surface area (Å²) in [5.74, 6) is -2.90. The maximum absolute atomic E-state index is 14.0. The largest absolute Gasteiger partial charge is 0.306 e. The highest BCUT2D eigenvalue weighted by atomic mass is 19.1. The van der Waals surface area contributed by atoms with Crippen LogP contribution in [0.2, 0.25) is 0 Å². The zero-order valence-electron chi connectivity index (χ0n) is 11.7. The van der Waals surface area contributed by atoms with Crippen molar-refractivity contribution in [2.24, 2.45) is 0 Å². The first-order valence-electron chi connectivity index (χ1n) is 6.57. The highest BCUT2D eigenvalue weighted by molar-refractivity contribution is 5.36. The van der Waals surface area contributed by atoms with Crippen LogP contribution in [0.1, 0.15) is 29.7 Å². The molecule has 21 heavy (non-hydrogen) atoms. The molecule has 0 aliphatic carbocycles. The Bertz CT molecular complexity index is 635. The van der Waals surface area contributed by atoms with Crippen LogP contribution in [-0.4, -0.2) is 6.54 Å². The summed E-state index contributed by atoms with van der Waals surface area (Å²) in [5.41, 5.74) is 0.672. The highest BCUT2D eigenvalue weighted by Crippen LogP contribution is 2.27. The summed E-state index contributed by atoms with van der Waals surface area (Å²) in [6.07, 6.45) is 0. The van der Waals surface area contributed by atoms with Crippen molar-refractivity contribution in [1.29, 1.82) is 0 Å². The summed E-state index contributed by atoms with van der Waals surface area (Å²) in [6, 6.07) is 4.40. The average Bonchev–Trinajstić information content (AvgIpc) is 2.39. The van der Waals surface area contributed by atoms with Gasteiger partial charge in [-0.05, 0) is 42.8 Å². The summed E-state index contributed by atoms with van der Waals surface area (Å²) in [5, 5.41) is 2.96. The Morgan fingerprint density at radius 3 is 2.10 bits per heavy atom. The van der Waals surface area contributed by atoms with Gasteiger partial charge in [-0.3, -0.25) is 0 Å². The van der Waals surface area contributed by atoms with E-state index in [0.717, 1.165) is 24.3 Å². The fraction of sp³-hybridized carbons (Fsp3) is 0.250. The fourth-order valence-corrected chi connectivity index (χ4v) is 2.25. The van der Waals surface area contributed by atoms with Gasteiger partial charge in [0.05, 0.1) is 6.04 Å². The molecule has 0 bridgehead atoms. The zero-order chi connectivity index (χ0) is 15.6. The van der Waals surface area contributed by atoms with Crippen LogP contribution in [0.5, 0.6) is 0 Å². The molecule has 0 fully saturated rings. The molecule has 5 heteroatoms. The Morgan fingerprint density at radius 2 is 1.52 bits per heavy atom. The van der Waals surface area contributed by atoms with Crippen molar-refractivity contribution < 1.29 is 17.6 Å². The minimum absolute atomic E-state index is 0.153. The van der Waals surface area contributed by atoms with Crippen molar-refractivity contribution in [1.82, 2.24) is 5.32 Å². The van der Waals surface area contributed by atoms with Crippen molar-refractivity contribution >= 4 is 0 Å². The lowest BCUT2D eigenvalue weighted by atomic mass is 9.96. The molecular formula is C16H15F4N. The summed E-state index contributed by atoms with van der Waals surface area (Å²) >= 11 is 0. The molecule has 2 aromatic carbocycles. The Hall–Kier alpha value is -1.88. The third-order valence-corrected chi connectivity index (χ3v) is 3.22. The molecule has 1 nitrogen and oxygen atoms in total. The number of hydrogen-bond acceptors (Lipinski definition) is 1. The quantitative estimate of drug-likeness (QED) is 0.832. The molecular weight excluding hydrogens is 282 g/mol. The lowest BCUT2D eigenvalue weighted by Crippen LogP contribution is -2.23. The second-order valence-electron chi connectivity index (χ2n) is 4.82. The van der Waals surface area contributed by atoms with E-state index in [1.54, 1.807) is 6.92 Å². The van der Waals surface area contributed by atoms with Crippen molar-refractivity contribution in [3.8, 4) is 0 Å². The SMILES string of the molecule is CCNC(c1cc(F)cc(F)c1)c1cc(C)c(F)cc1F. The van der Waals surface area contributed by atoms with Gasteiger partial charge in [-0.2, -0.15) is 0 Å². The van der Waals surface area contributed by atoms with Crippen LogP contribution < -0.4 is 5.32 Å². The van der Waals surface area contributed by atoms with Gasteiger partial charge in [0.25, 0.3) is 0 Å². The summed E-state index contributed by atoms with van der Waals surface area (Å²) in [7, 11) is 0. The maximum Gasteiger partial charge on any atom is 0.131 e. The molecule has 2 rings (SSSR count). The average molecular weight is 297 g/mol. The second-order valence-corrected chi connectivity index (χ2v) is 4.82. The smallest absolute Gasteiger partial charge is 0.131 e. The first kappa shape index (κ1) is 15.5. The Morgan fingerprint density at radius 1 is 0.905 bits per heavy atom. The van der Waals surface area contributed by atoms with E-state index in [-0.39, 0.29) is 16.7 Å². The second kappa shape index (κ2) is 6.26. The third kappa shape index (κ3) is 3.42. The van der Waals surface area contributed by atoms with Gasteiger partial charge in [-0.1, -0.05) is 6.92 Å². The predicted octanol–water partition coefficient (Wildman–Crippen LogP) is 4.25. The number of halogens is 4. The molecule has 1 unspecified atom stereocenters. The van der Waals surface area contributed by atoms with Crippen LogP contribution in [-0.2, 0) is 0 Å². The first-order chi connectivity index (χ1) is 9.92. The lowest BCUT2D eigenvalue weighted by Gasteiger charge is -2.20. The van der Waals surface area contributed by atoms with Gasteiger partial charge in [-0.25, -0.2) is 17.6 Å². The topological polar surface area (TPSA) is 12.0 Å². The van der Waals surface area contributed by atoms with Crippen LogP contribution in [0, 0.1) is 30.2 Å². The molecule has 0 aliphatic rings. The van der Waals surface area contributed by atoms with Crippen LogP contribution in [0.15, 0.2) is 30.3 Å². The molecule has 0 amide bonds. The Labute approximate surface area is 120 Å². The van der Waals surface area contributed by atoms with Crippen LogP contribution in [0.4, 0.5) is 17.6 Å². The molecule has 0 saturated heterocycles. The van der Waals surface area contributed by atoms with E-state index in [0.29, 0.717) is 6.54 Å². The first-order valence-corrected chi connectivity index (χ1v) is 6.57. The van der Waals surface area contributed by atoms with Crippen molar-refractivity contribution in [2.75, 3.05) is 6.54 Å². The van der Waals surface area contributed by atoms with Crippen molar-refractivity contribution in [2.45, 2.75) is 19.9 Å². The molecule has 0 spiro atoms. The van der Waals surface area contributed by atoms with Crippen LogP contribution >= 0.6 is 0 Å². The highest BCUT2D eigenvalue weighted by Gasteiger charge is 2.20. The van der Waals surface area contributed by atoms with Crippen molar-refractivity contribution in [3.63, 3.8) is 0 Å². The Kier molecular flexibility index (Phi) is 4.63. The van der Waals surface area contributed by atoms with Gasteiger partial charge in [0.15, 0.2) is 0 Å². The minimum atomic E-state index is -0.756. The van der Waals surface area contributed by atoms with E-state index < -0.39 is 29.3 Å². The van der Waals surface area contributed by atoms with Crippen molar-refractivity contribution in [3.05, 3.63) is 70.3 Å². The normalized spacial score (nSPS) is 12.5. The molecule has 0 saturated carbocycles. The molecule has 1 N–H and O–H groups in total. The molecule has 0 aliphatic heterocycles. The standard InChI is InChI=1S/C16H15F4N/c1-3-21-16(10-5-11(17)7-12(18)6-10)13-4-9(2)14(19)8-15(13)20/h4-8,16,21H,3H2,1-2H3. The number of nitrogens with one attached hydrogen (secondary N) is 1. The maximum atomic E-state index is 14.0. The molecule has 0 heterocycles. The summed E-state index contributed by atoms with van der Waals surface area (Å²) in [4.78, 5) is 0. The van der Waals surface area contributed by atoms with E-state index in [9.17, 15) is 17.6 Å².